The number of carbonyl (C=O) groups is 2. The van der Waals surface area contributed by atoms with Gasteiger partial charge < -0.3 is 20.1 Å². The largest absolute Gasteiger partial charge is 0.497 e. The van der Waals surface area contributed by atoms with E-state index in [2.05, 4.69) is 15.6 Å². The summed E-state index contributed by atoms with van der Waals surface area (Å²) in [5, 5.41) is 7.21. The molecular weight excluding hydrogens is 602 g/mol. The summed E-state index contributed by atoms with van der Waals surface area (Å²) in [4.78, 5) is 41.6. The van der Waals surface area contributed by atoms with Crippen molar-refractivity contribution in [3.05, 3.63) is 139 Å². The van der Waals surface area contributed by atoms with Crippen LogP contribution in [0.1, 0.15) is 20.7 Å². The second-order valence-electron chi connectivity index (χ2n) is 10.9. The summed E-state index contributed by atoms with van der Waals surface area (Å²) in [5.41, 5.74) is 5.23. The van der Waals surface area contributed by atoms with E-state index in [4.69, 9.17) is 19.4 Å². The van der Waals surface area contributed by atoms with Gasteiger partial charge in [0.1, 0.15) is 23.1 Å². The number of anilines is 2. The molecule has 234 valence electrons. The molecule has 0 fully saturated rings. The van der Waals surface area contributed by atoms with Crippen molar-refractivity contribution in [2.75, 3.05) is 24.9 Å². The SMILES string of the molecule is COc1ccc(-c2cc(C(=O)Nc3cccc(NC(=O)c4cc(-c5ccc(OC)cc5)nc5ccccc45)n3)c3ccccc3n2)cc1. The van der Waals surface area contributed by atoms with Gasteiger partial charge >= 0.3 is 0 Å². The molecule has 2 amide bonds. The van der Waals surface area contributed by atoms with Crippen LogP contribution in [0.2, 0.25) is 0 Å². The molecule has 0 atom stereocenters. The summed E-state index contributed by atoms with van der Waals surface area (Å²) < 4.78 is 10.6. The highest BCUT2D eigenvalue weighted by atomic mass is 16.5. The highest BCUT2D eigenvalue weighted by Gasteiger charge is 2.17. The number of nitrogens with one attached hydrogen (secondary N) is 2. The van der Waals surface area contributed by atoms with Crippen LogP contribution >= 0.6 is 0 Å². The Morgan fingerprint density at radius 1 is 0.500 bits per heavy atom. The maximum atomic E-state index is 13.7. The summed E-state index contributed by atoms with van der Waals surface area (Å²) in [6, 6.07) is 38.6. The molecule has 3 aromatic heterocycles. The highest BCUT2D eigenvalue weighted by molar-refractivity contribution is 6.14. The Labute approximate surface area is 276 Å². The van der Waals surface area contributed by atoms with Gasteiger partial charge in [-0.25, -0.2) is 15.0 Å². The third-order valence-corrected chi connectivity index (χ3v) is 7.93. The molecule has 0 aliphatic rings. The van der Waals surface area contributed by atoms with Gasteiger partial charge in [-0.05, 0) is 84.9 Å². The number of nitrogens with zero attached hydrogens (tertiary/aromatic N) is 3. The molecule has 4 aromatic carbocycles. The molecule has 0 saturated carbocycles. The van der Waals surface area contributed by atoms with E-state index in [-0.39, 0.29) is 23.5 Å². The Kier molecular flexibility index (Phi) is 8.15. The van der Waals surface area contributed by atoms with Gasteiger partial charge in [-0.2, -0.15) is 0 Å². The molecule has 0 bridgehead atoms. The number of aromatic nitrogens is 3. The van der Waals surface area contributed by atoms with Crippen molar-refractivity contribution in [2.45, 2.75) is 0 Å². The standard InChI is InChI=1S/C39H29N5O4/c1-47-26-18-14-24(15-19-26)34-22-30(28-8-3-5-10-32(28)40-34)38(45)43-36-12-7-13-37(42-36)44-39(46)31-23-35(25-16-20-27(48-2)21-17-25)41-33-11-6-4-9-29(31)33/h3-23H,1-2H3,(H2,42,43,44,45,46). The zero-order valence-corrected chi connectivity index (χ0v) is 26.1. The molecule has 9 nitrogen and oxygen atoms in total. The van der Waals surface area contributed by atoms with Crippen molar-refractivity contribution in [3.63, 3.8) is 0 Å². The summed E-state index contributed by atoms with van der Waals surface area (Å²) >= 11 is 0. The van der Waals surface area contributed by atoms with Gasteiger partial charge in [0.25, 0.3) is 11.8 Å². The van der Waals surface area contributed by atoms with Gasteiger partial charge in [0.2, 0.25) is 0 Å². The molecule has 7 aromatic rings. The summed E-state index contributed by atoms with van der Waals surface area (Å²) in [6.45, 7) is 0. The van der Waals surface area contributed by atoms with Crippen LogP contribution in [0.3, 0.4) is 0 Å². The van der Waals surface area contributed by atoms with Crippen molar-refractivity contribution < 1.29 is 19.1 Å². The van der Waals surface area contributed by atoms with E-state index >= 15 is 0 Å². The number of fused-ring (bicyclic) bond motifs is 2. The van der Waals surface area contributed by atoms with Crippen molar-refractivity contribution >= 4 is 45.3 Å². The average Bonchev–Trinajstić information content (AvgIpc) is 3.14. The fourth-order valence-electron chi connectivity index (χ4n) is 5.49. The molecule has 0 unspecified atom stereocenters. The van der Waals surface area contributed by atoms with Crippen LogP contribution in [-0.4, -0.2) is 41.0 Å². The zero-order valence-electron chi connectivity index (χ0n) is 26.1. The zero-order chi connectivity index (χ0) is 33.0. The second kappa shape index (κ2) is 13.0. The summed E-state index contributed by atoms with van der Waals surface area (Å²) in [7, 11) is 3.22. The third-order valence-electron chi connectivity index (χ3n) is 7.93. The smallest absolute Gasteiger partial charge is 0.257 e. The van der Waals surface area contributed by atoms with E-state index < -0.39 is 0 Å². The first kappa shape index (κ1) is 30.1. The van der Waals surface area contributed by atoms with Gasteiger partial charge in [0, 0.05) is 21.9 Å². The number of benzene rings is 4. The first-order valence-corrected chi connectivity index (χ1v) is 15.2. The number of amides is 2. The van der Waals surface area contributed by atoms with E-state index in [9.17, 15) is 9.59 Å². The molecule has 0 aliphatic heterocycles. The fraction of sp³-hybridized carbons (Fsp3) is 0.0513. The van der Waals surface area contributed by atoms with Crippen LogP contribution in [0.15, 0.2) is 127 Å². The molecule has 2 N–H and O–H groups in total. The van der Waals surface area contributed by atoms with Gasteiger partial charge in [-0.15, -0.1) is 0 Å². The maximum absolute atomic E-state index is 13.7. The number of methoxy groups -OCH3 is 2. The Hall–Kier alpha value is -6.61. The molecule has 48 heavy (non-hydrogen) atoms. The molecule has 3 heterocycles. The molecular formula is C39H29N5O4. The minimum atomic E-state index is -0.358. The lowest BCUT2D eigenvalue weighted by molar-refractivity contribution is 0.102. The van der Waals surface area contributed by atoms with Crippen LogP contribution in [0.5, 0.6) is 11.5 Å². The maximum Gasteiger partial charge on any atom is 0.257 e. The first-order valence-electron chi connectivity index (χ1n) is 15.2. The molecule has 0 radical (unpaired) electrons. The molecule has 9 heteroatoms. The number of para-hydroxylation sites is 2. The van der Waals surface area contributed by atoms with E-state index in [1.807, 2.05) is 97.1 Å². The van der Waals surface area contributed by atoms with E-state index in [1.54, 1.807) is 44.6 Å². The lowest BCUT2D eigenvalue weighted by Crippen LogP contribution is -2.17. The molecule has 0 spiro atoms. The number of pyridine rings is 3. The van der Waals surface area contributed by atoms with Crippen LogP contribution in [-0.2, 0) is 0 Å². The highest BCUT2D eigenvalue weighted by Crippen LogP contribution is 2.29. The number of hydrogen-bond donors (Lipinski definition) is 2. The lowest BCUT2D eigenvalue weighted by atomic mass is 10.0. The minimum absolute atomic E-state index is 0.281. The summed E-state index contributed by atoms with van der Waals surface area (Å²) in [6.07, 6.45) is 0. The van der Waals surface area contributed by atoms with Gasteiger partial charge in [-0.1, -0.05) is 42.5 Å². The molecule has 0 saturated heterocycles. The predicted octanol–water partition coefficient (Wildman–Crippen LogP) is 8.03. The average molecular weight is 632 g/mol. The van der Waals surface area contributed by atoms with E-state index in [1.165, 1.54) is 0 Å². The lowest BCUT2D eigenvalue weighted by Gasteiger charge is -2.12. The van der Waals surface area contributed by atoms with Crippen molar-refractivity contribution in [1.29, 1.82) is 0 Å². The van der Waals surface area contributed by atoms with Crippen molar-refractivity contribution in [3.8, 4) is 34.0 Å². The Balaban J connectivity index is 1.16. The third kappa shape index (κ3) is 6.12. The second-order valence-corrected chi connectivity index (χ2v) is 10.9. The number of rotatable bonds is 8. The van der Waals surface area contributed by atoms with Crippen LogP contribution < -0.4 is 20.1 Å². The monoisotopic (exact) mass is 631 g/mol. The van der Waals surface area contributed by atoms with Crippen molar-refractivity contribution in [2.24, 2.45) is 0 Å². The van der Waals surface area contributed by atoms with Gasteiger partial charge in [0.15, 0.2) is 0 Å². The van der Waals surface area contributed by atoms with E-state index in [0.29, 0.717) is 44.3 Å². The fourth-order valence-corrected chi connectivity index (χ4v) is 5.49. The normalized spacial score (nSPS) is 10.9. The number of hydrogen-bond acceptors (Lipinski definition) is 7. The number of ether oxygens (including phenoxy) is 2. The van der Waals surface area contributed by atoms with E-state index in [0.717, 1.165) is 22.6 Å². The predicted molar refractivity (Wildman–Crippen MR) is 188 cm³/mol. The Morgan fingerprint density at radius 3 is 1.33 bits per heavy atom. The van der Waals surface area contributed by atoms with Gasteiger partial charge in [-0.3, -0.25) is 9.59 Å². The number of carbonyl (C=O) groups excluding carboxylic acids is 2. The molecule has 0 aliphatic carbocycles. The van der Waals surface area contributed by atoms with Crippen molar-refractivity contribution in [1.82, 2.24) is 15.0 Å². The quantitative estimate of drug-likeness (QED) is 0.174. The van der Waals surface area contributed by atoms with Crippen LogP contribution in [0.25, 0.3) is 44.3 Å². The van der Waals surface area contributed by atoms with Crippen LogP contribution in [0.4, 0.5) is 11.6 Å². The Morgan fingerprint density at radius 2 is 0.917 bits per heavy atom. The van der Waals surface area contributed by atoms with Gasteiger partial charge in [0.05, 0.1) is 47.8 Å². The summed E-state index contributed by atoms with van der Waals surface area (Å²) in [5.74, 6) is 1.30. The van der Waals surface area contributed by atoms with Crippen LogP contribution in [0, 0.1) is 0 Å². The Bertz CT molecular complexity index is 2140. The molecule has 7 rings (SSSR count). The topological polar surface area (TPSA) is 115 Å². The minimum Gasteiger partial charge on any atom is -0.497 e. The first-order chi connectivity index (χ1) is 23.5.